The van der Waals surface area contributed by atoms with E-state index in [2.05, 4.69) is 15.5 Å². The number of imide groups is 1. The molecular weight excluding hydrogens is 335 g/mol. The SMILES string of the molecule is O=C1NC2(CCCC2)C(=O)N1CCN1CCNCC1c1cccc(F)c1. The molecule has 140 valence electrons. The van der Waals surface area contributed by atoms with Gasteiger partial charge in [0, 0.05) is 38.8 Å². The fourth-order valence-electron chi connectivity index (χ4n) is 4.48. The molecule has 7 heteroatoms. The molecule has 1 atom stereocenters. The van der Waals surface area contributed by atoms with Gasteiger partial charge in [-0.1, -0.05) is 25.0 Å². The van der Waals surface area contributed by atoms with Crippen molar-refractivity contribution in [2.24, 2.45) is 0 Å². The van der Waals surface area contributed by atoms with Gasteiger partial charge in [-0.3, -0.25) is 14.6 Å². The van der Waals surface area contributed by atoms with Crippen LogP contribution >= 0.6 is 0 Å². The summed E-state index contributed by atoms with van der Waals surface area (Å²) >= 11 is 0. The number of piperazine rings is 1. The maximum absolute atomic E-state index is 13.6. The van der Waals surface area contributed by atoms with Gasteiger partial charge in [0.05, 0.1) is 0 Å². The molecule has 26 heavy (non-hydrogen) atoms. The van der Waals surface area contributed by atoms with Crippen molar-refractivity contribution >= 4 is 11.9 Å². The lowest BCUT2D eigenvalue weighted by atomic mass is 9.98. The summed E-state index contributed by atoms with van der Waals surface area (Å²) in [6.45, 7) is 3.34. The highest BCUT2D eigenvalue weighted by Gasteiger charge is 2.52. The van der Waals surface area contributed by atoms with Gasteiger partial charge in [-0.2, -0.15) is 0 Å². The Kier molecular flexibility index (Phi) is 4.67. The Morgan fingerprint density at radius 1 is 1.19 bits per heavy atom. The summed E-state index contributed by atoms with van der Waals surface area (Å²) in [5, 5.41) is 6.27. The van der Waals surface area contributed by atoms with Gasteiger partial charge in [0.2, 0.25) is 0 Å². The molecule has 2 N–H and O–H groups in total. The summed E-state index contributed by atoms with van der Waals surface area (Å²) in [6.07, 6.45) is 3.46. The van der Waals surface area contributed by atoms with Crippen molar-refractivity contribution in [2.45, 2.75) is 37.3 Å². The summed E-state index contributed by atoms with van der Waals surface area (Å²) in [7, 11) is 0. The Bertz CT molecular complexity index is 705. The molecule has 1 saturated carbocycles. The molecule has 1 aromatic rings. The lowest BCUT2D eigenvalue weighted by molar-refractivity contribution is -0.131. The van der Waals surface area contributed by atoms with Gasteiger partial charge in [0.1, 0.15) is 11.4 Å². The second-order valence-electron chi connectivity index (χ2n) is 7.49. The highest BCUT2D eigenvalue weighted by atomic mass is 19.1. The van der Waals surface area contributed by atoms with Crippen molar-refractivity contribution in [3.63, 3.8) is 0 Å². The molecular formula is C19H25FN4O2. The van der Waals surface area contributed by atoms with E-state index in [0.717, 1.165) is 50.9 Å². The van der Waals surface area contributed by atoms with Crippen LogP contribution in [0.5, 0.6) is 0 Å². The van der Waals surface area contributed by atoms with E-state index in [1.54, 1.807) is 12.1 Å². The molecule has 1 unspecified atom stereocenters. The molecule has 1 aliphatic carbocycles. The van der Waals surface area contributed by atoms with Crippen molar-refractivity contribution < 1.29 is 14.0 Å². The van der Waals surface area contributed by atoms with E-state index in [1.807, 2.05) is 6.07 Å². The average molecular weight is 360 g/mol. The van der Waals surface area contributed by atoms with Crippen LogP contribution in [0.15, 0.2) is 24.3 Å². The Morgan fingerprint density at radius 3 is 2.77 bits per heavy atom. The maximum Gasteiger partial charge on any atom is 0.325 e. The van der Waals surface area contributed by atoms with Gasteiger partial charge >= 0.3 is 6.03 Å². The number of carbonyl (C=O) groups is 2. The van der Waals surface area contributed by atoms with E-state index >= 15 is 0 Å². The second kappa shape index (κ2) is 6.96. The van der Waals surface area contributed by atoms with Crippen LogP contribution in [0.1, 0.15) is 37.3 Å². The van der Waals surface area contributed by atoms with E-state index in [9.17, 15) is 14.0 Å². The van der Waals surface area contributed by atoms with Crippen LogP contribution in [-0.2, 0) is 4.79 Å². The first kappa shape index (κ1) is 17.4. The summed E-state index contributed by atoms with van der Waals surface area (Å²) < 4.78 is 13.6. The number of hydrogen-bond donors (Lipinski definition) is 2. The quantitative estimate of drug-likeness (QED) is 0.802. The number of urea groups is 1. The largest absolute Gasteiger partial charge is 0.325 e. The van der Waals surface area contributed by atoms with Crippen LogP contribution in [0.3, 0.4) is 0 Å². The van der Waals surface area contributed by atoms with E-state index in [1.165, 1.54) is 11.0 Å². The van der Waals surface area contributed by atoms with Crippen LogP contribution in [0.2, 0.25) is 0 Å². The van der Waals surface area contributed by atoms with Gasteiger partial charge in [0.15, 0.2) is 0 Å². The predicted octanol–water partition coefficient (Wildman–Crippen LogP) is 1.64. The number of halogens is 1. The van der Waals surface area contributed by atoms with E-state index in [-0.39, 0.29) is 23.8 Å². The van der Waals surface area contributed by atoms with Gasteiger partial charge in [-0.05, 0) is 30.5 Å². The smallest absolute Gasteiger partial charge is 0.323 e. The molecule has 0 aromatic heterocycles. The Hall–Kier alpha value is -1.99. The molecule has 0 bridgehead atoms. The van der Waals surface area contributed by atoms with Gasteiger partial charge < -0.3 is 10.6 Å². The average Bonchev–Trinajstić information content (AvgIpc) is 3.20. The van der Waals surface area contributed by atoms with Crippen LogP contribution in [0.25, 0.3) is 0 Å². The third kappa shape index (κ3) is 3.10. The zero-order valence-corrected chi connectivity index (χ0v) is 14.8. The first-order chi connectivity index (χ1) is 12.6. The normalized spacial score (nSPS) is 25.9. The summed E-state index contributed by atoms with van der Waals surface area (Å²) in [4.78, 5) is 28.7. The second-order valence-corrected chi connectivity index (χ2v) is 7.49. The highest BCUT2D eigenvalue weighted by Crippen LogP contribution is 2.35. The van der Waals surface area contributed by atoms with Crippen LogP contribution in [-0.4, -0.2) is 60.0 Å². The monoisotopic (exact) mass is 360 g/mol. The maximum atomic E-state index is 13.6. The third-order valence-electron chi connectivity index (χ3n) is 5.90. The number of nitrogens with zero attached hydrogens (tertiary/aromatic N) is 2. The van der Waals surface area contributed by atoms with E-state index in [4.69, 9.17) is 0 Å². The minimum absolute atomic E-state index is 0.0423. The molecule has 2 heterocycles. The minimum atomic E-state index is -0.650. The molecule has 3 fully saturated rings. The number of nitrogens with one attached hydrogen (secondary N) is 2. The summed E-state index contributed by atoms with van der Waals surface area (Å²) in [6, 6.07) is 6.42. The molecule has 3 amide bonds. The molecule has 4 rings (SSSR count). The number of carbonyl (C=O) groups excluding carboxylic acids is 2. The number of hydrogen-bond acceptors (Lipinski definition) is 4. The van der Waals surface area contributed by atoms with Crippen LogP contribution in [0.4, 0.5) is 9.18 Å². The van der Waals surface area contributed by atoms with Gasteiger partial charge in [-0.15, -0.1) is 0 Å². The van der Waals surface area contributed by atoms with Crippen molar-refractivity contribution in [1.82, 2.24) is 20.4 Å². The molecule has 2 saturated heterocycles. The van der Waals surface area contributed by atoms with Crippen LogP contribution < -0.4 is 10.6 Å². The first-order valence-corrected chi connectivity index (χ1v) is 9.43. The molecule has 0 radical (unpaired) electrons. The number of amides is 3. The lowest BCUT2D eigenvalue weighted by Gasteiger charge is -2.37. The van der Waals surface area contributed by atoms with Gasteiger partial charge in [0.25, 0.3) is 5.91 Å². The zero-order valence-electron chi connectivity index (χ0n) is 14.8. The summed E-state index contributed by atoms with van der Waals surface area (Å²) in [5.74, 6) is -0.317. The molecule has 1 aromatic carbocycles. The van der Waals surface area contributed by atoms with E-state index in [0.29, 0.717) is 13.1 Å². The van der Waals surface area contributed by atoms with E-state index < -0.39 is 5.54 Å². The molecule has 2 aliphatic heterocycles. The highest BCUT2D eigenvalue weighted by molar-refractivity contribution is 6.07. The van der Waals surface area contributed by atoms with Crippen molar-refractivity contribution in [3.8, 4) is 0 Å². The molecule has 1 spiro atoms. The minimum Gasteiger partial charge on any atom is -0.323 e. The standard InChI is InChI=1S/C19H25FN4O2/c20-15-5-3-4-14(12-15)16-13-21-8-9-23(16)10-11-24-17(25)19(22-18(24)26)6-1-2-7-19/h3-5,12,16,21H,1-2,6-11,13H2,(H,22,26). The van der Waals surface area contributed by atoms with Crippen molar-refractivity contribution in [3.05, 3.63) is 35.6 Å². The Morgan fingerprint density at radius 2 is 2.00 bits per heavy atom. The van der Waals surface area contributed by atoms with Gasteiger partial charge in [-0.25, -0.2) is 9.18 Å². The molecule has 6 nitrogen and oxygen atoms in total. The first-order valence-electron chi connectivity index (χ1n) is 9.43. The Labute approximate surface area is 152 Å². The lowest BCUT2D eigenvalue weighted by Crippen LogP contribution is -2.49. The summed E-state index contributed by atoms with van der Waals surface area (Å²) in [5.41, 5.74) is 0.268. The zero-order chi connectivity index (χ0) is 18.1. The topological polar surface area (TPSA) is 64.7 Å². The van der Waals surface area contributed by atoms with Crippen LogP contribution in [0, 0.1) is 5.82 Å². The van der Waals surface area contributed by atoms with Crippen molar-refractivity contribution in [1.29, 1.82) is 0 Å². The fraction of sp³-hybridized carbons (Fsp3) is 0.579. The van der Waals surface area contributed by atoms with Crippen molar-refractivity contribution in [2.75, 3.05) is 32.7 Å². The molecule has 3 aliphatic rings. The Balaban J connectivity index is 1.44. The number of benzene rings is 1. The number of rotatable bonds is 4. The fourth-order valence-corrected chi connectivity index (χ4v) is 4.48. The third-order valence-corrected chi connectivity index (χ3v) is 5.90. The predicted molar refractivity (Wildman–Crippen MR) is 95.0 cm³/mol.